The van der Waals surface area contributed by atoms with Gasteiger partial charge in [0.1, 0.15) is 17.2 Å². The number of fused-ring (bicyclic) bond motifs is 1. The lowest BCUT2D eigenvalue weighted by molar-refractivity contribution is 0.0685. The van der Waals surface area contributed by atoms with Gasteiger partial charge in [0, 0.05) is 23.5 Å². The van der Waals surface area contributed by atoms with E-state index >= 15 is 0 Å². The number of aryl methyl sites for hydroxylation is 1. The molecule has 148 valence electrons. The monoisotopic (exact) mass is 381 g/mol. The van der Waals surface area contributed by atoms with E-state index in [2.05, 4.69) is 6.92 Å². The molecule has 28 heavy (non-hydrogen) atoms. The van der Waals surface area contributed by atoms with Crippen molar-refractivity contribution in [2.75, 3.05) is 14.2 Å². The van der Waals surface area contributed by atoms with Gasteiger partial charge >= 0.3 is 5.97 Å². The summed E-state index contributed by atoms with van der Waals surface area (Å²) in [4.78, 5) is 12.2. The molecular weight excluding hydrogens is 354 g/mol. The first-order chi connectivity index (χ1) is 13.6. The van der Waals surface area contributed by atoms with Gasteiger partial charge in [-0.2, -0.15) is 0 Å². The fourth-order valence-electron chi connectivity index (χ4n) is 3.73. The average molecular weight is 381 g/mol. The summed E-state index contributed by atoms with van der Waals surface area (Å²) >= 11 is 0. The normalized spacial score (nSPS) is 11.0. The minimum absolute atomic E-state index is 0.374. The standard InChI is InChI=1S/C23H27NO4/c1-4-5-6-10-20-19-9-7-8-11-21(19)24(22(20)23(25)26)15-16-12-17(27-2)14-18(13-16)28-3/h7-9,11-14H,4-6,10,15H2,1-3H3,(H,25,26). The summed E-state index contributed by atoms with van der Waals surface area (Å²) < 4.78 is 12.6. The number of methoxy groups -OCH3 is 2. The largest absolute Gasteiger partial charge is 0.497 e. The third kappa shape index (κ3) is 3.98. The van der Waals surface area contributed by atoms with Crippen molar-refractivity contribution >= 4 is 16.9 Å². The second-order valence-electron chi connectivity index (χ2n) is 6.91. The summed E-state index contributed by atoms with van der Waals surface area (Å²) in [5.74, 6) is 0.481. The highest BCUT2D eigenvalue weighted by Crippen LogP contribution is 2.30. The number of aromatic carboxylic acids is 1. The number of carboxylic acid groups (broad SMARTS) is 1. The Balaban J connectivity index is 2.12. The Morgan fingerprint density at radius 1 is 1.04 bits per heavy atom. The number of hydrogen-bond donors (Lipinski definition) is 1. The summed E-state index contributed by atoms with van der Waals surface area (Å²) in [7, 11) is 3.22. The Labute approximate surface area is 165 Å². The minimum atomic E-state index is -0.891. The number of unbranched alkanes of at least 4 members (excludes halogenated alkanes) is 2. The summed E-state index contributed by atoms with van der Waals surface area (Å²) in [5.41, 5.74) is 3.17. The maximum atomic E-state index is 12.2. The molecule has 5 nitrogen and oxygen atoms in total. The number of benzene rings is 2. The molecule has 0 saturated heterocycles. The first-order valence-corrected chi connectivity index (χ1v) is 9.64. The topological polar surface area (TPSA) is 60.7 Å². The van der Waals surface area contributed by atoms with Crippen LogP contribution < -0.4 is 9.47 Å². The maximum absolute atomic E-state index is 12.2. The Bertz CT molecular complexity index is 952. The molecule has 1 N–H and O–H groups in total. The van der Waals surface area contributed by atoms with Crippen molar-refractivity contribution in [1.82, 2.24) is 4.57 Å². The molecule has 5 heteroatoms. The van der Waals surface area contributed by atoms with Gasteiger partial charge in [0.05, 0.1) is 14.2 Å². The van der Waals surface area contributed by atoms with Gasteiger partial charge in [-0.05, 0) is 42.2 Å². The molecule has 0 saturated carbocycles. The van der Waals surface area contributed by atoms with E-state index in [9.17, 15) is 9.90 Å². The third-order valence-electron chi connectivity index (χ3n) is 5.06. The van der Waals surface area contributed by atoms with E-state index in [1.807, 2.05) is 47.0 Å². The lowest BCUT2D eigenvalue weighted by Crippen LogP contribution is -2.12. The molecule has 1 heterocycles. The van der Waals surface area contributed by atoms with Gasteiger partial charge in [0.2, 0.25) is 0 Å². The van der Waals surface area contributed by atoms with Crippen LogP contribution in [0.2, 0.25) is 0 Å². The molecule has 0 radical (unpaired) electrons. The fourth-order valence-corrected chi connectivity index (χ4v) is 3.73. The minimum Gasteiger partial charge on any atom is -0.497 e. The highest BCUT2D eigenvalue weighted by atomic mass is 16.5. The smallest absolute Gasteiger partial charge is 0.352 e. The summed E-state index contributed by atoms with van der Waals surface area (Å²) in [6, 6.07) is 13.6. The van der Waals surface area contributed by atoms with Gasteiger partial charge in [-0.1, -0.05) is 38.0 Å². The zero-order chi connectivity index (χ0) is 20.1. The predicted molar refractivity (Wildman–Crippen MR) is 111 cm³/mol. The van der Waals surface area contributed by atoms with E-state index in [1.165, 1.54) is 0 Å². The zero-order valence-electron chi connectivity index (χ0n) is 16.7. The van der Waals surface area contributed by atoms with Gasteiger partial charge in [-0.3, -0.25) is 0 Å². The van der Waals surface area contributed by atoms with Crippen molar-refractivity contribution in [2.45, 2.75) is 39.2 Å². The maximum Gasteiger partial charge on any atom is 0.352 e. The van der Waals surface area contributed by atoms with Crippen LogP contribution in [0.15, 0.2) is 42.5 Å². The Hall–Kier alpha value is -2.95. The molecule has 0 aliphatic carbocycles. The molecule has 0 amide bonds. The van der Waals surface area contributed by atoms with Crippen molar-refractivity contribution < 1.29 is 19.4 Å². The third-order valence-corrected chi connectivity index (χ3v) is 5.06. The highest BCUT2D eigenvalue weighted by molar-refractivity contribution is 5.98. The van der Waals surface area contributed by atoms with Crippen LogP contribution in [0.3, 0.4) is 0 Å². The van der Waals surface area contributed by atoms with Crippen LogP contribution in [0.4, 0.5) is 0 Å². The van der Waals surface area contributed by atoms with Gasteiger partial charge in [0.15, 0.2) is 0 Å². The van der Waals surface area contributed by atoms with E-state index in [1.54, 1.807) is 14.2 Å². The van der Waals surface area contributed by atoms with Crippen molar-refractivity contribution in [2.24, 2.45) is 0 Å². The molecule has 0 spiro atoms. The number of para-hydroxylation sites is 1. The number of hydrogen-bond acceptors (Lipinski definition) is 3. The van der Waals surface area contributed by atoms with Gasteiger partial charge < -0.3 is 19.1 Å². The number of rotatable bonds is 9. The lowest BCUT2D eigenvalue weighted by Gasteiger charge is -2.12. The van der Waals surface area contributed by atoms with E-state index in [4.69, 9.17) is 9.47 Å². The van der Waals surface area contributed by atoms with Crippen LogP contribution in [-0.2, 0) is 13.0 Å². The molecule has 0 aliphatic rings. The zero-order valence-corrected chi connectivity index (χ0v) is 16.7. The van der Waals surface area contributed by atoms with Crippen molar-refractivity contribution in [1.29, 1.82) is 0 Å². The molecule has 0 unspecified atom stereocenters. The number of aromatic nitrogens is 1. The Morgan fingerprint density at radius 3 is 2.32 bits per heavy atom. The van der Waals surface area contributed by atoms with E-state index in [0.717, 1.165) is 47.7 Å². The van der Waals surface area contributed by atoms with Crippen molar-refractivity contribution in [3.05, 3.63) is 59.3 Å². The summed E-state index contributed by atoms with van der Waals surface area (Å²) in [5, 5.41) is 11.0. The van der Waals surface area contributed by atoms with E-state index < -0.39 is 5.97 Å². The molecule has 0 bridgehead atoms. The van der Waals surface area contributed by atoms with Crippen LogP contribution in [0.1, 0.15) is 47.8 Å². The number of carbonyl (C=O) groups is 1. The lowest BCUT2D eigenvalue weighted by atomic mass is 10.0. The average Bonchev–Trinajstić information content (AvgIpc) is 3.01. The Morgan fingerprint density at radius 2 is 1.71 bits per heavy atom. The SMILES string of the molecule is CCCCCc1c(C(=O)O)n(Cc2cc(OC)cc(OC)c2)c2ccccc12. The van der Waals surface area contributed by atoms with Crippen LogP contribution in [0, 0.1) is 0 Å². The number of nitrogens with zero attached hydrogens (tertiary/aromatic N) is 1. The molecule has 1 aromatic heterocycles. The van der Waals surface area contributed by atoms with Gasteiger partial charge in [-0.15, -0.1) is 0 Å². The van der Waals surface area contributed by atoms with E-state index in [0.29, 0.717) is 23.7 Å². The first kappa shape index (κ1) is 19.8. The van der Waals surface area contributed by atoms with Crippen LogP contribution in [0.5, 0.6) is 11.5 Å². The quantitative estimate of drug-likeness (QED) is 0.522. The van der Waals surface area contributed by atoms with Gasteiger partial charge in [-0.25, -0.2) is 4.79 Å². The molecule has 0 aliphatic heterocycles. The van der Waals surface area contributed by atoms with Crippen molar-refractivity contribution in [3.8, 4) is 11.5 Å². The predicted octanol–water partition coefficient (Wildman–Crippen LogP) is 5.14. The van der Waals surface area contributed by atoms with Crippen LogP contribution in [0.25, 0.3) is 10.9 Å². The summed E-state index contributed by atoms with van der Waals surface area (Å²) in [6.07, 6.45) is 3.94. The number of carboxylic acids is 1. The molecular formula is C23H27NO4. The van der Waals surface area contributed by atoms with Crippen LogP contribution >= 0.6 is 0 Å². The first-order valence-electron chi connectivity index (χ1n) is 9.64. The second-order valence-corrected chi connectivity index (χ2v) is 6.91. The molecule has 3 rings (SSSR count). The summed E-state index contributed by atoms with van der Waals surface area (Å²) in [6.45, 7) is 2.58. The van der Waals surface area contributed by atoms with Crippen LogP contribution in [-0.4, -0.2) is 29.9 Å². The molecule has 0 atom stereocenters. The number of ether oxygens (including phenoxy) is 2. The highest BCUT2D eigenvalue weighted by Gasteiger charge is 2.22. The molecule has 0 fully saturated rings. The second kappa shape index (κ2) is 8.83. The molecule has 3 aromatic rings. The van der Waals surface area contributed by atoms with Crippen molar-refractivity contribution in [3.63, 3.8) is 0 Å². The fraction of sp³-hybridized carbons (Fsp3) is 0.348. The van der Waals surface area contributed by atoms with Gasteiger partial charge in [0.25, 0.3) is 0 Å². The Kier molecular flexibility index (Phi) is 6.24. The molecule has 2 aromatic carbocycles. The van der Waals surface area contributed by atoms with E-state index in [-0.39, 0.29) is 0 Å².